The predicted octanol–water partition coefficient (Wildman–Crippen LogP) is 2.45. The minimum absolute atomic E-state index is 0.0840. The van der Waals surface area contributed by atoms with Gasteiger partial charge in [-0.05, 0) is 46.9 Å². The molecule has 3 N–H and O–H groups in total. The number of hydrogen-bond donors (Lipinski definition) is 2. The number of nitrogens with zero attached hydrogens (tertiary/aromatic N) is 1. The average Bonchev–Trinajstić information content (AvgIpc) is 2.89. The first kappa shape index (κ1) is 12.2. The highest BCUT2D eigenvalue weighted by molar-refractivity contribution is 7.07. The van der Waals surface area contributed by atoms with Crippen molar-refractivity contribution in [2.24, 2.45) is 5.84 Å². The van der Waals surface area contributed by atoms with E-state index < -0.39 is 0 Å². The molecule has 0 fully saturated rings. The molecule has 0 bridgehead atoms. The number of rotatable bonds is 5. The predicted molar refractivity (Wildman–Crippen MR) is 71.7 cm³/mol. The molecular formula is C13H17N3S. The Bertz CT molecular complexity index is 453. The topological polar surface area (TPSA) is 50.9 Å². The average molecular weight is 247 g/mol. The molecule has 2 heterocycles. The zero-order valence-electron chi connectivity index (χ0n) is 9.89. The van der Waals surface area contributed by atoms with Crippen LogP contribution in [0.2, 0.25) is 0 Å². The van der Waals surface area contributed by atoms with Crippen molar-refractivity contribution in [3.8, 4) is 0 Å². The Labute approximate surface area is 106 Å². The second-order valence-corrected chi connectivity index (χ2v) is 4.74. The maximum Gasteiger partial charge on any atom is 0.0675 e. The summed E-state index contributed by atoms with van der Waals surface area (Å²) in [5, 5.41) is 4.24. The number of hydrogen-bond acceptors (Lipinski definition) is 4. The van der Waals surface area contributed by atoms with E-state index in [1.54, 1.807) is 11.3 Å². The molecule has 0 spiro atoms. The van der Waals surface area contributed by atoms with Crippen LogP contribution in [0.25, 0.3) is 0 Å². The molecular weight excluding hydrogens is 230 g/mol. The quantitative estimate of drug-likeness (QED) is 0.630. The summed E-state index contributed by atoms with van der Waals surface area (Å²) in [6, 6.07) is 6.30. The van der Waals surface area contributed by atoms with Crippen molar-refractivity contribution in [1.82, 2.24) is 10.4 Å². The first-order chi connectivity index (χ1) is 8.35. The van der Waals surface area contributed by atoms with Gasteiger partial charge in [-0.3, -0.25) is 16.3 Å². The number of aryl methyl sites for hydroxylation is 1. The number of nitrogens with one attached hydrogen (secondary N) is 1. The van der Waals surface area contributed by atoms with Crippen molar-refractivity contribution < 1.29 is 0 Å². The van der Waals surface area contributed by atoms with Crippen molar-refractivity contribution in [2.75, 3.05) is 0 Å². The monoisotopic (exact) mass is 247 g/mol. The fourth-order valence-electron chi connectivity index (χ4n) is 1.94. The van der Waals surface area contributed by atoms with E-state index in [-0.39, 0.29) is 6.04 Å². The van der Waals surface area contributed by atoms with Gasteiger partial charge in [0.25, 0.3) is 0 Å². The first-order valence-electron chi connectivity index (χ1n) is 5.76. The van der Waals surface area contributed by atoms with Crippen LogP contribution < -0.4 is 11.3 Å². The third-order valence-corrected chi connectivity index (χ3v) is 3.59. The van der Waals surface area contributed by atoms with Crippen LogP contribution in [0.5, 0.6) is 0 Å². The summed E-state index contributed by atoms with van der Waals surface area (Å²) in [6.45, 7) is 2.14. The van der Waals surface area contributed by atoms with Crippen LogP contribution in [0.4, 0.5) is 0 Å². The minimum Gasteiger partial charge on any atom is -0.271 e. The second kappa shape index (κ2) is 5.91. The van der Waals surface area contributed by atoms with E-state index >= 15 is 0 Å². The largest absolute Gasteiger partial charge is 0.271 e. The van der Waals surface area contributed by atoms with Crippen LogP contribution in [0.15, 0.2) is 35.2 Å². The summed E-state index contributed by atoms with van der Waals surface area (Å²) in [5.41, 5.74) is 6.48. The molecule has 2 aromatic rings. The molecule has 90 valence electrons. The van der Waals surface area contributed by atoms with Gasteiger partial charge in [-0.2, -0.15) is 11.3 Å². The molecule has 3 nitrogen and oxygen atoms in total. The van der Waals surface area contributed by atoms with Crippen LogP contribution in [0.3, 0.4) is 0 Å². The molecule has 0 aliphatic carbocycles. The molecule has 4 heteroatoms. The van der Waals surface area contributed by atoms with Crippen LogP contribution in [0.1, 0.15) is 29.8 Å². The molecule has 0 aliphatic heterocycles. The molecule has 2 rings (SSSR count). The van der Waals surface area contributed by atoms with E-state index in [0.717, 1.165) is 18.5 Å². The van der Waals surface area contributed by atoms with Crippen LogP contribution >= 0.6 is 11.3 Å². The Morgan fingerprint density at radius 2 is 2.35 bits per heavy atom. The Hall–Kier alpha value is -1.23. The number of hydrazine groups is 1. The number of pyridine rings is 1. The van der Waals surface area contributed by atoms with Gasteiger partial charge in [0.05, 0.1) is 11.7 Å². The third kappa shape index (κ3) is 2.91. The summed E-state index contributed by atoms with van der Waals surface area (Å²) in [7, 11) is 0. The lowest BCUT2D eigenvalue weighted by Gasteiger charge is -2.17. The van der Waals surface area contributed by atoms with E-state index in [9.17, 15) is 0 Å². The van der Waals surface area contributed by atoms with E-state index in [4.69, 9.17) is 5.84 Å². The van der Waals surface area contributed by atoms with Gasteiger partial charge in [-0.25, -0.2) is 0 Å². The van der Waals surface area contributed by atoms with Crippen molar-refractivity contribution in [2.45, 2.75) is 25.8 Å². The lowest BCUT2D eigenvalue weighted by molar-refractivity contribution is 0.534. The maximum atomic E-state index is 5.66. The molecule has 0 aliphatic rings. The van der Waals surface area contributed by atoms with Gasteiger partial charge in [0.2, 0.25) is 0 Å². The third-order valence-electron chi connectivity index (χ3n) is 2.86. The van der Waals surface area contributed by atoms with Crippen molar-refractivity contribution in [3.63, 3.8) is 0 Å². The minimum atomic E-state index is 0.0840. The molecule has 0 aromatic carbocycles. The van der Waals surface area contributed by atoms with Crippen molar-refractivity contribution in [1.29, 1.82) is 0 Å². The molecule has 0 saturated carbocycles. The van der Waals surface area contributed by atoms with E-state index in [1.165, 1.54) is 11.1 Å². The van der Waals surface area contributed by atoms with Gasteiger partial charge in [-0.15, -0.1) is 0 Å². The molecule has 0 amide bonds. The Kier molecular flexibility index (Phi) is 4.25. The Balaban J connectivity index is 2.22. The molecule has 1 unspecified atom stereocenters. The zero-order chi connectivity index (χ0) is 12.1. The molecule has 17 heavy (non-hydrogen) atoms. The zero-order valence-corrected chi connectivity index (χ0v) is 10.7. The first-order valence-corrected chi connectivity index (χ1v) is 6.70. The summed E-state index contributed by atoms with van der Waals surface area (Å²) < 4.78 is 0. The van der Waals surface area contributed by atoms with Gasteiger partial charge in [-0.1, -0.05) is 13.0 Å². The highest BCUT2D eigenvalue weighted by atomic mass is 32.1. The van der Waals surface area contributed by atoms with Crippen molar-refractivity contribution in [3.05, 3.63) is 52.0 Å². The summed E-state index contributed by atoms with van der Waals surface area (Å²) in [6.07, 6.45) is 3.68. The lowest BCUT2D eigenvalue weighted by atomic mass is 10.0. The number of nitrogens with two attached hydrogens (primary N) is 1. The number of aromatic nitrogens is 1. The van der Waals surface area contributed by atoms with E-state index in [2.05, 4.69) is 40.2 Å². The van der Waals surface area contributed by atoms with Crippen LogP contribution in [-0.4, -0.2) is 4.98 Å². The normalized spacial score (nSPS) is 12.6. The number of thiophene rings is 1. The summed E-state index contributed by atoms with van der Waals surface area (Å²) >= 11 is 1.71. The van der Waals surface area contributed by atoms with Crippen LogP contribution in [0, 0.1) is 0 Å². The maximum absolute atomic E-state index is 5.66. The highest BCUT2D eigenvalue weighted by Crippen LogP contribution is 2.20. The smallest absolute Gasteiger partial charge is 0.0675 e. The van der Waals surface area contributed by atoms with Gasteiger partial charge in [0.15, 0.2) is 0 Å². The molecule has 0 saturated heterocycles. The summed E-state index contributed by atoms with van der Waals surface area (Å²) in [4.78, 5) is 4.46. The standard InChI is InChI=1S/C13H17N3S/c1-2-11-4-3-6-15-13(11)12(16-14)8-10-5-7-17-9-10/h3-7,9,12,16H,2,8,14H2,1H3. The molecule has 1 atom stereocenters. The lowest BCUT2D eigenvalue weighted by Crippen LogP contribution is -2.31. The van der Waals surface area contributed by atoms with E-state index in [0.29, 0.717) is 0 Å². The van der Waals surface area contributed by atoms with Gasteiger partial charge < -0.3 is 0 Å². The van der Waals surface area contributed by atoms with Crippen LogP contribution in [-0.2, 0) is 12.8 Å². The van der Waals surface area contributed by atoms with E-state index in [1.807, 2.05) is 12.3 Å². The second-order valence-electron chi connectivity index (χ2n) is 3.96. The Morgan fingerprint density at radius 3 is 3.00 bits per heavy atom. The van der Waals surface area contributed by atoms with Gasteiger partial charge >= 0.3 is 0 Å². The molecule has 2 aromatic heterocycles. The fourth-order valence-corrected chi connectivity index (χ4v) is 2.62. The van der Waals surface area contributed by atoms with Gasteiger partial charge in [0.1, 0.15) is 0 Å². The Morgan fingerprint density at radius 1 is 1.47 bits per heavy atom. The van der Waals surface area contributed by atoms with Gasteiger partial charge in [0, 0.05) is 6.20 Å². The SMILES string of the molecule is CCc1cccnc1C(Cc1ccsc1)NN. The molecule has 0 radical (unpaired) electrons. The highest BCUT2D eigenvalue weighted by Gasteiger charge is 2.15. The fraction of sp³-hybridized carbons (Fsp3) is 0.308. The van der Waals surface area contributed by atoms with Crippen molar-refractivity contribution >= 4 is 11.3 Å². The summed E-state index contributed by atoms with van der Waals surface area (Å²) in [5.74, 6) is 5.66.